The lowest BCUT2D eigenvalue weighted by Crippen LogP contribution is -2.31. The van der Waals surface area contributed by atoms with Crippen LogP contribution in [0.3, 0.4) is 0 Å². The maximum Gasteiger partial charge on any atom is 0.168 e. The zero-order valence-electron chi connectivity index (χ0n) is 35.3. The van der Waals surface area contributed by atoms with Gasteiger partial charge in [0.1, 0.15) is 0 Å². The monoisotopic (exact) mass is 738 g/mol. The van der Waals surface area contributed by atoms with Gasteiger partial charge in [-0.25, -0.2) is 0 Å². The molecule has 1 aliphatic rings. The van der Waals surface area contributed by atoms with Crippen molar-refractivity contribution in [3.63, 3.8) is 0 Å². The molecule has 1 aliphatic heterocycles. The fourth-order valence-electron chi connectivity index (χ4n) is 7.39. The molecule has 0 radical (unpaired) electrons. The topological polar surface area (TPSA) is 67.2 Å². The first-order valence-corrected chi connectivity index (χ1v) is 23.2. The maximum absolute atomic E-state index is 8.40. The van der Waals surface area contributed by atoms with Crippen LogP contribution in [0.1, 0.15) is 232 Å². The van der Waals surface area contributed by atoms with E-state index in [0.29, 0.717) is 6.54 Å². The number of ether oxygens (including phenoxy) is 2. The van der Waals surface area contributed by atoms with E-state index in [0.717, 1.165) is 45.1 Å². The Hall–Kier alpha value is -1.81. The first-order chi connectivity index (χ1) is 26.3. The van der Waals surface area contributed by atoms with Crippen LogP contribution < -0.4 is 0 Å². The summed E-state index contributed by atoms with van der Waals surface area (Å²) in [5.74, 6) is -0.332. The van der Waals surface area contributed by atoms with E-state index >= 15 is 0 Å². The van der Waals surface area contributed by atoms with E-state index < -0.39 is 0 Å². The van der Waals surface area contributed by atoms with Crippen molar-refractivity contribution in [2.24, 2.45) is 5.11 Å². The summed E-state index contributed by atoms with van der Waals surface area (Å²) in [6, 6.07) is 0. The summed E-state index contributed by atoms with van der Waals surface area (Å²) in [7, 11) is 0. The number of nitrogens with zero attached hydrogens (tertiary/aromatic N) is 3. The molecule has 0 spiro atoms. The molecule has 1 heterocycles. The van der Waals surface area contributed by atoms with Crippen LogP contribution in [0.2, 0.25) is 0 Å². The Morgan fingerprint density at radius 2 is 0.906 bits per heavy atom. The van der Waals surface area contributed by atoms with Gasteiger partial charge in [0.15, 0.2) is 5.79 Å². The smallest absolute Gasteiger partial charge is 0.168 e. The zero-order chi connectivity index (χ0) is 38.0. The van der Waals surface area contributed by atoms with Crippen LogP contribution >= 0.6 is 0 Å². The Morgan fingerprint density at radius 3 is 1.36 bits per heavy atom. The number of hydrogen-bond acceptors (Lipinski definition) is 3. The maximum atomic E-state index is 8.40. The second-order valence-corrected chi connectivity index (χ2v) is 15.8. The fraction of sp³-hybridized carbons (Fsp3) is 0.833. The Morgan fingerprint density at radius 1 is 0.509 bits per heavy atom. The molecule has 0 aromatic carbocycles. The Balaban J connectivity index is 2.27. The van der Waals surface area contributed by atoms with E-state index in [4.69, 9.17) is 15.0 Å². The molecule has 0 N–H and O–H groups in total. The highest BCUT2D eigenvalue weighted by Gasteiger charge is 2.40. The van der Waals surface area contributed by atoms with Crippen LogP contribution in [0.4, 0.5) is 0 Å². The summed E-state index contributed by atoms with van der Waals surface area (Å²) in [6.07, 6.45) is 61.7. The average Bonchev–Trinajstić information content (AvgIpc) is 3.57. The van der Waals surface area contributed by atoms with Crippen molar-refractivity contribution in [2.75, 3.05) is 13.2 Å². The van der Waals surface area contributed by atoms with Crippen LogP contribution in [0.5, 0.6) is 0 Å². The van der Waals surface area contributed by atoms with Crippen molar-refractivity contribution in [2.45, 2.75) is 244 Å². The van der Waals surface area contributed by atoms with Crippen LogP contribution in [0.15, 0.2) is 53.7 Å². The van der Waals surface area contributed by atoms with Gasteiger partial charge in [-0.2, -0.15) is 0 Å². The van der Waals surface area contributed by atoms with Gasteiger partial charge in [-0.1, -0.05) is 183 Å². The standard InChI is InChI=1S/C48H87N3O2/c1-3-5-7-9-11-13-15-17-19-21-23-25-27-31-35-39-43-48(52-46-47(53-48)42-38-34-30-29-33-37-41-45-50-51-49)44-40-36-32-28-26-24-22-20-18-16-14-12-10-8-6-4-2/h11-14,17-20,47H,3-10,15-16,21-46H2,1-2H3/b13-11-,14-12-,19-17-,20-18-. The lowest BCUT2D eigenvalue weighted by Gasteiger charge is -2.28. The van der Waals surface area contributed by atoms with Crippen molar-refractivity contribution < 1.29 is 9.47 Å². The minimum absolute atomic E-state index is 0.271. The first kappa shape index (κ1) is 49.2. The molecule has 1 saturated heterocycles. The highest BCUT2D eigenvalue weighted by atomic mass is 16.7. The normalized spacial score (nSPS) is 15.9. The number of azide groups is 1. The van der Waals surface area contributed by atoms with Gasteiger partial charge in [0.25, 0.3) is 0 Å². The lowest BCUT2D eigenvalue weighted by molar-refractivity contribution is -0.180. The molecule has 0 amide bonds. The fourth-order valence-corrected chi connectivity index (χ4v) is 7.39. The van der Waals surface area contributed by atoms with Crippen LogP contribution in [-0.2, 0) is 9.47 Å². The molecule has 5 heteroatoms. The quantitative estimate of drug-likeness (QED) is 0.0207. The molecule has 0 aromatic heterocycles. The van der Waals surface area contributed by atoms with Gasteiger partial charge in [-0.3, -0.25) is 0 Å². The molecule has 0 aliphatic carbocycles. The van der Waals surface area contributed by atoms with Gasteiger partial charge in [-0.05, 0) is 95.4 Å². The molecular formula is C48H87N3O2. The molecule has 0 aromatic rings. The zero-order valence-corrected chi connectivity index (χ0v) is 35.3. The Labute approximate surface area is 329 Å². The molecule has 1 atom stereocenters. The molecule has 1 rings (SSSR count). The SMILES string of the molecule is CCCCC/C=C\C/C=C\CCCCCCCCC1(CCCCCCCC/C=C\C/C=C\CCCCC)OCC(CCCCCCCCCN=[N+]=[N-])O1. The molecule has 1 unspecified atom stereocenters. The van der Waals surface area contributed by atoms with Gasteiger partial charge in [0, 0.05) is 24.3 Å². The van der Waals surface area contributed by atoms with Gasteiger partial charge >= 0.3 is 0 Å². The predicted octanol–water partition coefficient (Wildman–Crippen LogP) is 16.9. The summed E-state index contributed by atoms with van der Waals surface area (Å²) in [5, 5.41) is 3.64. The highest BCUT2D eigenvalue weighted by Crippen LogP contribution is 2.36. The molecule has 1 fully saturated rings. The summed E-state index contributed by atoms with van der Waals surface area (Å²) < 4.78 is 13.4. The van der Waals surface area contributed by atoms with Gasteiger partial charge in [0.2, 0.25) is 0 Å². The minimum Gasteiger partial charge on any atom is -0.347 e. The number of allylic oxidation sites excluding steroid dienone is 8. The van der Waals surface area contributed by atoms with E-state index in [1.165, 1.54) is 180 Å². The summed E-state index contributed by atoms with van der Waals surface area (Å²) >= 11 is 0. The van der Waals surface area contributed by atoms with Crippen molar-refractivity contribution >= 4 is 0 Å². The van der Waals surface area contributed by atoms with E-state index in [9.17, 15) is 0 Å². The number of unbranched alkanes of at least 4 members (excludes halogenated alkanes) is 24. The number of hydrogen-bond donors (Lipinski definition) is 0. The van der Waals surface area contributed by atoms with Gasteiger partial charge in [0.05, 0.1) is 12.7 Å². The Bertz CT molecular complexity index is 887. The predicted molar refractivity (Wildman–Crippen MR) is 232 cm³/mol. The molecule has 0 bridgehead atoms. The third kappa shape index (κ3) is 33.3. The second kappa shape index (κ2) is 39.9. The molecular weight excluding hydrogens is 651 g/mol. The lowest BCUT2D eigenvalue weighted by atomic mass is 9.98. The van der Waals surface area contributed by atoms with Crippen LogP contribution in [0, 0.1) is 0 Å². The Kier molecular flexibility index (Phi) is 37.0. The van der Waals surface area contributed by atoms with E-state index in [1.807, 2.05) is 0 Å². The van der Waals surface area contributed by atoms with Crippen molar-refractivity contribution in [1.29, 1.82) is 0 Å². The van der Waals surface area contributed by atoms with E-state index in [2.05, 4.69) is 72.5 Å². The molecule has 53 heavy (non-hydrogen) atoms. The molecule has 5 nitrogen and oxygen atoms in total. The summed E-state index contributed by atoms with van der Waals surface area (Å²) in [6.45, 7) is 5.96. The first-order valence-electron chi connectivity index (χ1n) is 23.2. The highest BCUT2D eigenvalue weighted by molar-refractivity contribution is 4.93. The third-order valence-corrected chi connectivity index (χ3v) is 10.8. The van der Waals surface area contributed by atoms with E-state index in [1.54, 1.807) is 0 Å². The van der Waals surface area contributed by atoms with Crippen molar-refractivity contribution in [3.05, 3.63) is 59.1 Å². The number of rotatable bonds is 40. The largest absolute Gasteiger partial charge is 0.347 e. The second-order valence-electron chi connectivity index (χ2n) is 15.8. The van der Waals surface area contributed by atoms with Crippen molar-refractivity contribution in [3.8, 4) is 0 Å². The summed E-state index contributed by atoms with van der Waals surface area (Å²) in [5.41, 5.74) is 8.40. The van der Waals surface area contributed by atoms with Gasteiger partial charge < -0.3 is 9.47 Å². The van der Waals surface area contributed by atoms with Gasteiger partial charge in [-0.15, -0.1) is 0 Å². The van der Waals surface area contributed by atoms with E-state index in [-0.39, 0.29) is 11.9 Å². The molecule has 0 saturated carbocycles. The average molecular weight is 738 g/mol. The molecule has 306 valence electrons. The minimum atomic E-state index is -0.332. The van der Waals surface area contributed by atoms with Crippen LogP contribution in [-0.4, -0.2) is 25.0 Å². The van der Waals surface area contributed by atoms with Crippen molar-refractivity contribution in [1.82, 2.24) is 0 Å². The summed E-state index contributed by atoms with van der Waals surface area (Å²) in [4.78, 5) is 2.84. The van der Waals surface area contributed by atoms with Crippen LogP contribution in [0.25, 0.3) is 10.4 Å². The third-order valence-electron chi connectivity index (χ3n) is 10.8.